The van der Waals surface area contributed by atoms with Crippen molar-refractivity contribution < 1.29 is 41.1 Å². The Hall–Kier alpha value is -0.575. The molecular weight excluding hydrogens is 357 g/mol. The van der Waals surface area contributed by atoms with Crippen LogP contribution in [0.15, 0.2) is 18.2 Å². The van der Waals surface area contributed by atoms with E-state index >= 15 is 0 Å². The molecule has 3 nitrogen and oxygen atoms in total. The number of rotatable bonds is 0. The predicted octanol–water partition coefficient (Wildman–Crippen LogP) is 0.964. The molecule has 0 spiro atoms. The first-order valence-corrected chi connectivity index (χ1v) is 6.49. The van der Waals surface area contributed by atoms with Gasteiger partial charge in [0.25, 0.3) is 5.97 Å². The molecule has 1 aromatic carbocycles. The van der Waals surface area contributed by atoms with Gasteiger partial charge in [-0.1, -0.05) is 0 Å². The molecule has 0 atom stereocenters. The Labute approximate surface area is 93.4 Å². The standard InChI is InChI=1S/C7H7O.C2H4O2.Hg/c1-6-2-4-7(8)5-3-6;1-2(3)4;/h2-4,8H,1H3;1H3,(H,3,4);. The molecule has 0 bridgehead atoms. The number of carbonyl (C=O) groups is 1. The van der Waals surface area contributed by atoms with E-state index < -0.39 is 5.97 Å². The van der Waals surface area contributed by atoms with Crippen molar-refractivity contribution >= 4 is 9.04 Å². The van der Waals surface area contributed by atoms with Crippen molar-refractivity contribution in [2.24, 2.45) is 0 Å². The third-order valence-corrected chi connectivity index (χ3v) is 3.44. The Morgan fingerprint density at radius 1 is 1.46 bits per heavy atom. The van der Waals surface area contributed by atoms with E-state index in [4.69, 9.17) is 15.0 Å². The van der Waals surface area contributed by atoms with E-state index in [1.54, 1.807) is 6.07 Å². The Morgan fingerprint density at radius 3 is 2.23 bits per heavy atom. The minimum absolute atomic E-state index is 0.462. The summed E-state index contributed by atoms with van der Waals surface area (Å²) in [6.07, 6.45) is 0. The van der Waals surface area contributed by atoms with Gasteiger partial charge < -0.3 is 5.11 Å². The van der Waals surface area contributed by atoms with E-state index in [1.807, 2.05) is 19.1 Å². The third kappa shape index (κ3) is 6.57. The molecule has 4 heteroatoms. The SMILES string of the molecule is CC(=O)O.Cc1ccc(O)[c]([Hg])c1. The first-order chi connectivity index (χ1) is 5.93. The van der Waals surface area contributed by atoms with Crippen LogP contribution in [-0.2, 0) is 30.9 Å². The summed E-state index contributed by atoms with van der Waals surface area (Å²) in [6.45, 7) is 3.12. The van der Waals surface area contributed by atoms with Crippen LogP contribution in [0, 0.1) is 6.92 Å². The fraction of sp³-hybridized carbons (Fsp3) is 0.222. The summed E-state index contributed by atoms with van der Waals surface area (Å²) in [5, 5.41) is 16.5. The molecule has 2 N–H and O–H groups in total. The summed E-state index contributed by atoms with van der Waals surface area (Å²) in [5.41, 5.74) is 1.23. The number of benzene rings is 1. The second-order valence-electron chi connectivity index (χ2n) is 2.65. The molecule has 0 saturated carbocycles. The molecule has 0 aliphatic heterocycles. The fourth-order valence-corrected chi connectivity index (χ4v) is 2.42. The van der Waals surface area contributed by atoms with Gasteiger partial charge in [0.2, 0.25) is 0 Å². The van der Waals surface area contributed by atoms with Gasteiger partial charge in [-0.15, -0.1) is 0 Å². The average Bonchev–Trinajstić information content (AvgIpc) is 1.96. The van der Waals surface area contributed by atoms with Crippen LogP contribution in [0.2, 0.25) is 0 Å². The summed E-state index contributed by atoms with van der Waals surface area (Å²) in [7, 11) is 0. The molecule has 67 valence electrons. The number of hydrogen-bond acceptors (Lipinski definition) is 2. The Bertz CT molecular complexity index is 293. The van der Waals surface area contributed by atoms with Crippen LogP contribution < -0.4 is 3.07 Å². The van der Waals surface area contributed by atoms with E-state index in [-0.39, 0.29) is 0 Å². The van der Waals surface area contributed by atoms with Gasteiger partial charge in [-0.05, 0) is 0 Å². The minimum atomic E-state index is -0.833. The second kappa shape index (κ2) is 5.97. The molecule has 0 fully saturated rings. The van der Waals surface area contributed by atoms with Crippen molar-refractivity contribution in [3.63, 3.8) is 0 Å². The van der Waals surface area contributed by atoms with Gasteiger partial charge in [0.1, 0.15) is 0 Å². The van der Waals surface area contributed by atoms with Crippen molar-refractivity contribution in [1.82, 2.24) is 0 Å². The quantitative estimate of drug-likeness (QED) is 0.672. The number of phenols is 1. The molecule has 1 rings (SSSR count). The van der Waals surface area contributed by atoms with Crippen molar-refractivity contribution in [3.8, 4) is 5.75 Å². The zero-order chi connectivity index (χ0) is 10.4. The normalized spacial score (nSPS) is 8.62. The summed E-state index contributed by atoms with van der Waals surface area (Å²) in [4.78, 5) is 9.00. The summed E-state index contributed by atoms with van der Waals surface area (Å²) >= 11 is 0.538. The van der Waals surface area contributed by atoms with Crippen LogP contribution in [0.1, 0.15) is 12.5 Å². The van der Waals surface area contributed by atoms with E-state index in [1.165, 1.54) is 5.56 Å². The first kappa shape index (κ1) is 12.4. The average molecular weight is 368 g/mol. The number of phenolic OH excluding ortho intramolecular Hbond substituents is 1. The molecule has 0 amide bonds. The maximum absolute atomic E-state index is 9.09. The summed E-state index contributed by atoms with van der Waals surface area (Å²) < 4.78 is 1.13. The van der Waals surface area contributed by atoms with E-state index in [0.29, 0.717) is 31.9 Å². The summed E-state index contributed by atoms with van der Waals surface area (Å²) in [5.74, 6) is -0.371. The van der Waals surface area contributed by atoms with Gasteiger partial charge in [0.15, 0.2) is 0 Å². The Kier molecular flexibility index (Phi) is 5.70. The molecule has 0 radical (unpaired) electrons. The van der Waals surface area contributed by atoms with Crippen LogP contribution in [0.4, 0.5) is 0 Å². The van der Waals surface area contributed by atoms with Crippen LogP contribution in [0.3, 0.4) is 0 Å². The van der Waals surface area contributed by atoms with Crippen molar-refractivity contribution in [1.29, 1.82) is 0 Å². The number of aromatic hydroxyl groups is 1. The van der Waals surface area contributed by atoms with Gasteiger partial charge in [-0.25, -0.2) is 0 Å². The van der Waals surface area contributed by atoms with E-state index in [2.05, 4.69) is 0 Å². The van der Waals surface area contributed by atoms with Gasteiger partial charge in [0.05, 0.1) is 0 Å². The fourth-order valence-electron chi connectivity index (χ4n) is 0.714. The van der Waals surface area contributed by atoms with E-state index in [0.717, 1.165) is 10.00 Å². The molecule has 0 heterocycles. The van der Waals surface area contributed by atoms with Crippen LogP contribution >= 0.6 is 0 Å². The molecule has 0 saturated heterocycles. The van der Waals surface area contributed by atoms with Gasteiger partial charge in [0, 0.05) is 6.92 Å². The summed E-state index contributed by atoms with van der Waals surface area (Å²) in [6, 6.07) is 5.72. The third-order valence-electron chi connectivity index (χ3n) is 1.23. The van der Waals surface area contributed by atoms with Crippen molar-refractivity contribution in [2.75, 3.05) is 0 Å². The van der Waals surface area contributed by atoms with Gasteiger partial charge >= 0.3 is 70.7 Å². The van der Waals surface area contributed by atoms with Crippen LogP contribution in [0.5, 0.6) is 5.75 Å². The Balaban J connectivity index is 0.000000310. The predicted molar refractivity (Wildman–Crippen MR) is 45.8 cm³/mol. The molecule has 0 aliphatic carbocycles. The first-order valence-electron chi connectivity index (χ1n) is 3.74. The molecule has 0 aromatic heterocycles. The van der Waals surface area contributed by atoms with Gasteiger partial charge in [-0.2, -0.15) is 0 Å². The van der Waals surface area contributed by atoms with Crippen LogP contribution in [-0.4, -0.2) is 16.2 Å². The number of carboxylic acid groups (broad SMARTS) is 1. The molecular formula is C9H11HgO3. The molecule has 0 unspecified atom stereocenters. The maximum atomic E-state index is 9.09. The zero-order valence-corrected chi connectivity index (χ0v) is 13.2. The number of hydrogen-bond donors (Lipinski definition) is 2. The number of aryl methyl sites for hydroxylation is 1. The Morgan fingerprint density at radius 2 is 1.92 bits per heavy atom. The molecule has 0 aliphatic rings. The topological polar surface area (TPSA) is 57.5 Å². The molecule has 1 aromatic rings. The molecule has 13 heavy (non-hydrogen) atoms. The second-order valence-corrected chi connectivity index (χ2v) is 5.61. The number of aliphatic carboxylic acids is 1. The number of carboxylic acids is 1. The zero-order valence-electron chi connectivity index (χ0n) is 7.74. The van der Waals surface area contributed by atoms with Crippen LogP contribution in [0.25, 0.3) is 0 Å². The van der Waals surface area contributed by atoms with E-state index in [9.17, 15) is 0 Å². The van der Waals surface area contributed by atoms with Crippen molar-refractivity contribution in [3.05, 3.63) is 23.8 Å². The van der Waals surface area contributed by atoms with Crippen molar-refractivity contribution in [2.45, 2.75) is 13.8 Å². The monoisotopic (exact) mass is 369 g/mol. The van der Waals surface area contributed by atoms with Gasteiger partial charge in [-0.3, -0.25) is 4.79 Å².